The van der Waals surface area contributed by atoms with E-state index in [2.05, 4.69) is 29.0 Å². The van der Waals surface area contributed by atoms with Crippen molar-refractivity contribution in [3.05, 3.63) is 24.3 Å². The molecule has 154 valence electrons. The number of aliphatic hydroxyl groups is 1. The summed E-state index contributed by atoms with van der Waals surface area (Å²) in [5.74, 6) is 2.18. The molecular weight excluding hydrogens is 362 g/mol. The van der Waals surface area contributed by atoms with Gasteiger partial charge in [-0.15, -0.1) is 0 Å². The normalized spacial score (nSPS) is 32.0. The van der Waals surface area contributed by atoms with E-state index in [4.69, 9.17) is 30.5 Å². The van der Waals surface area contributed by atoms with E-state index in [1.165, 1.54) is 19.8 Å². The van der Waals surface area contributed by atoms with E-state index < -0.39 is 5.97 Å². The van der Waals surface area contributed by atoms with Gasteiger partial charge in [0.2, 0.25) is 0 Å². The van der Waals surface area contributed by atoms with Crippen LogP contribution in [0.4, 0.5) is 0 Å². The Hall–Kier alpha value is -1.64. The van der Waals surface area contributed by atoms with Gasteiger partial charge in [0.25, 0.3) is 0 Å². The minimum Gasteiger partial charge on any atom is -0.392 e. The Labute approximate surface area is 167 Å². The van der Waals surface area contributed by atoms with Crippen molar-refractivity contribution < 1.29 is 29.4 Å². The van der Waals surface area contributed by atoms with Gasteiger partial charge in [0.15, 0.2) is 0 Å². The van der Waals surface area contributed by atoms with Crippen LogP contribution in [0.1, 0.15) is 39.5 Å². The van der Waals surface area contributed by atoms with Crippen molar-refractivity contribution >= 4 is 20.5 Å². The molecule has 4 aliphatic carbocycles. The number of rotatable bonds is 4. The second-order valence-electron chi connectivity index (χ2n) is 7.03. The van der Waals surface area contributed by atoms with Gasteiger partial charge in [-0.1, -0.05) is 24.3 Å². The van der Waals surface area contributed by atoms with Crippen molar-refractivity contribution in [2.45, 2.75) is 51.7 Å². The molecule has 0 amide bonds. The van der Waals surface area contributed by atoms with E-state index >= 15 is 0 Å². The number of aliphatic hydroxyl groups excluding tert-OH is 1. The van der Waals surface area contributed by atoms with Gasteiger partial charge < -0.3 is 5.11 Å². The van der Waals surface area contributed by atoms with Crippen LogP contribution in [0.2, 0.25) is 0 Å². The molecule has 0 radical (unpaired) electrons. The van der Waals surface area contributed by atoms with Crippen LogP contribution in [0.3, 0.4) is 0 Å². The van der Waals surface area contributed by atoms with Crippen molar-refractivity contribution in [1.29, 1.82) is 10.6 Å². The average molecular weight is 392 g/mol. The molecule has 0 aromatic rings. The van der Waals surface area contributed by atoms with Gasteiger partial charge in [-0.3, -0.25) is 0 Å². The maximum atomic E-state index is 9.67. The molecule has 6 atom stereocenters. The molecule has 28 heavy (non-hydrogen) atoms. The molecule has 4 rings (SSSR count). The van der Waals surface area contributed by atoms with E-state index in [9.17, 15) is 4.79 Å². The van der Waals surface area contributed by atoms with Gasteiger partial charge in [0, 0.05) is 11.8 Å². The van der Waals surface area contributed by atoms with Crippen LogP contribution in [0.5, 0.6) is 0 Å². The van der Waals surface area contributed by atoms with E-state index in [1.54, 1.807) is 0 Å². The van der Waals surface area contributed by atoms with Crippen LogP contribution in [-0.4, -0.2) is 49.5 Å². The number of carbonyl (C=O) groups is 1. The summed E-state index contributed by atoms with van der Waals surface area (Å²) in [5, 5.41) is 28.1. The van der Waals surface area contributed by atoms with Crippen molar-refractivity contribution in [2.75, 3.05) is 6.61 Å². The molecule has 0 aromatic carbocycles. The zero-order valence-corrected chi connectivity index (χ0v) is 16.5. The maximum Gasteiger partial charge on any atom is 0.0608 e. The van der Waals surface area contributed by atoms with Gasteiger partial charge in [-0.05, 0) is 44.4 Å². The molecule has 4 N–H and O–H groups in total. The third-order valence-electron chi connectivity index (χ3n) is 5.00. The quantitative estimate of drug-likeness (QED) is 0.251. The summed E-state index contributed by atoms with van der Waals surface area (Å²) in [7, 11) is 0.850. The van der Waals surface area contributed by atoms with Crippen molar-refractivity contribution in [1.82, 2.24) is 0 Å². The Bertz CT molecular complexity index is 560. The van der Waals surface area contributed by atoms with Gasteiger partial charge >= 0.3 is 52.5 Å². The first-order valence-corrected chi connectivity index (χ1v) is 9.57. The van der Waals surface area contributed by atoms with E-state index in [0.717, 1.165) is 24.7 Å². The fourth-order valence-corrected chi connectivity index (χ4v) is 3.83. The predicted octanol–water partition coefficient (Wildman–Crippen LogP) is 2.15. The van der Waals surface area contributed by atoms with E-state index in [1.807, 2.05) is 6.92 Å². The molecule has 0 heterocycles. The van der Waals surface area contributed by atoms with E-state index in [0.29, 0.717) is 31.8 Å². The second kappa shape index (κ2) is 13.5. The Morgan fingerprint density at radius 2 is 1.64 bits per heavy atom. The fourth-order valence-electron chi connectivity index (χ4n) is 3.83. The largest absolute Gasteiger partial charge is 0.392 e. The van der Waals surface area contributed by atoms with Crippen LogP contribution in [0.25, 0.3) is 0 Å². The monoisotopic (exact) mass is 392 g/mol. The number of carbonyl (C=O) groups excluding carboxylic acids is 1. The molecular formula is C18H30B2N2O6. The zero-order chi connectivity index (χ0) is 20.9. The first-order valence-electron chi connectivity index (χ1n) is 9.57. The number of hydrogen-bond acceptors (Lipinski definition) is 7. The van der Waals surface area contributed by atoms with Crippen molar-refractivity contribution in [3.63, 3.8) is 0 Å². The summed E-state index contributed by atoms with van der Waals surface area (Å²) in [5.41, 5.74) is 0. The minimum atomic E-state index is -0.454. The first-order chi connectivity index (χ1) is 13.4. The summed E-state index contributed by atoms with van der Waals surface area (Å²) < 4.78 is 3.94. The topological polar surface area (TPSA) is 133 Å². The SMILES string of the molecule is CC(=O)OB=N.CCOOC1CC2C=CC1C2.N=BO.OC1CC2C=CC1C2. The number of allylic oxidation sites excluding steroid dienone is 2. The molecule has 2 saturated carbocycles. The van der Waals surface area contributed by atoms with Crippen LogP contribution >= 0.6 is 0 Å². The summed E-state index contributed by atoms with van der Waals surface area (Å²) in [6, 6.07) is 0. The minimum absolute atomic E-state index is 0.00926. The van der Waals surface area contributed by atoms with Crippen molar-refractivity contribution in [2.24, 2.45) is 23.7 Å². The molecule has 6 unspecified atom stereocenters. The standard InChI is InChI=1S/C9H14O2.C7H10O.C2H4BNO2.BH2NO/c1-2-10-11-9-6-7-3-4-8(9)5-7;8-7-4-5-1-2-6(7)3-5;1-2(5)6-3-4;2-1-3/h3-4,7-9H,2,5-6H2,1H3;1-2,5-8H,3-4H2;4H,1H3;2-3H. The molecule has 4 aliphatic rings. The van der Waals surface area contributed by atoms with E-state index in [-0.39, 0.29) is 13.4 Å². The molecule has 10 heteroatoms. The third kappa shape index (κ3) is 8.58. The summed E-state index contributed by atoms with van der Waals surface area (Å²) in [4.78, 5) is 19.8. The number of hydrogen-bond donors (Lipinski definition) is 4. The Morgan fingerprint density at radius 3 is 1.89 bits per heavy atom. The first kappa shape index (κ1) is 24.4. The molecule has 0 spiro atoms. The van der Waals surface area contributed by atoms with Crippen LogP contribution < -0.4 is 0 Å². The Balaban J connectivity index is 0.000000205. The van der Waals surface area contributed by atoms with Crippen LogP contribution in [0, 0.1) is 34.3 Å². The molecule has 0 aliphatic heterocycles. The average Bonchev–Trinajstić information content (AvgIpc) is 3.43. The summed E-state index contributed by atoms with van der Waals surface area (Å²) in [6.45, 7) is 3.84. The Kier molecular flexibility index (Phi) is 11.8. The smallest absolute Gasteiger partial charge is 0.0608 e. The summed E-state index contributed by atoms with van der Waals surface area (Å²) in [6.07, 6.45) is 13.9. The van der Waals surface area contributed by atoms with Gasteiger partial charge in [0.05, 0.1) is 18.8 Å². The van der Waals surface area contributed by atoms with Crippen LogP contribution in [-0.2, 0) is 19.2 Å². The third-order valence-corrected chi connectivity index (χ3v) is 5.00. The maximum absolute atomic E-state index is 9.67. The fraction of sp³-hybridized carbons (Fsp3) is 0.722. The second-order valence-corrected chi connectivity index (χ2v) is 7.03. The Morgan fingerprint density at radius 1 is 1.07 bits per heavy atom. The van der Waals surface area contributed by atoms with Crippen molar-refractivity contribution in [3.8, 4) is 0 Å². The number of nitrogens with one attached hydrogen (secondary N) is 2. The molecule has 0 saturated heterocycles. The predicted molar refractivity (Wildman–Crippen MR) is 104 cm³/mol. The molecule has 8 nitrogen and oxygen atoms in total. The van der Waals surface area contributed by atoms with Gasteiger partial charge in [-0.2, -0.15) is 0 Å². The van der Waals surface area contributed by atoms with Crippen LogP contribution in [0.15, 0.2) is 24.3 Å². The molecule has 2 fully saturated rings. The molecule has 4 bridgehead atoms. The number of fused-ring (bicyclic) bond motifs is 4. The molecule has 0 aromatic heterocycles. The van der Waals surface area contributed by atoms with Gasteiger partial charge in [0.1, 0.15) is 0 Å². The summed E-state index contributed by atoms with van der Waals surface area (Å²) >= 11 is 0. The zero-order valence-electron chi connectivity index (χ0n) is 16.5. The van der Waals surface area contributed by atoms with Gasteiger partial charge in [-0.25, -0.2) is 9.78 Å².